The third-order valence-corrected chi connectivity index (χ3v) is 6.02. The molecule has 2 aliphatic heterocycles. The fraction of sp³-hybridized carbons (Fsp3) is 0.240. The van der Waals surface area contributed by atoms with Crippen LogP contribution in [0.25, 0.3) is 0 Å². The molecule has 2 amide bonds. The first-order chi connectivity index (χ1) is 16.5. The molecule has 9 heteroatoms. The maximum absolute atomic E-state index is 13.4. The van der Waals surface area contributed by atoms with E-state index >= 15 is 0 Å². The zero-order chi connectivity index (χ0) is 23.7. The number of hydrogen-bond donors (Lipinski definition) is 2. The Morgan fingerprint density at radius 2 is 1.85 bits per heavy atom. The van der Waals surface area contributed by atoms with Crippen LogP contribution >= 0.6 is 0 Å². The van der Waals surface area contributed by atoms with Gasteiger partial charge in [-0.15, -0.1) is 0 Å². The molecular formula is C25H23FN4O4. The van der Waals surface area contributed by atoms with E-state index in [2.05, 4.69) is 10.6 Å². The number of pyridine rings is 1. The van der Waals surface area contributed by atoms with E-state index in [1.807, 2.05) is 30.3 Å². The molecule has 1 unspecified atom stereocenters. The van der Waals surface area contributed by atoms with E-state index in [4.69, 9.17) is 4.74 Å². The molecule has 0 spiro atoms. The summed E-state index contributed by atoms with van der Waals surface area (Å²) in [5.74, 6) is -1.40. The zero-order valence-electron chi connectivity index (χ0n) is 18.3. The minimum atomic E-state index is -0.641. The van der Waals surface area contributed by atoms with Gasteiger partial charge in [0.05, 0.1) is 6.54 Å². The molecule has 1 atom stereocenters. The first kappa shape index (κ1) is 21.8. The van der Waals surface area contributed by atoms with Gasteiger partial charge < -0.3 is 19.5 Å². The van der Waals surface area contributed by atoms with E-state index < -0.39 is 11.3 Å². The molecule has 1 aromatic heterocycles. The number of benzene rings is 2. The van der Waals surface area contributed by atoms with E-state index in [1.54, 1.807) is 21.6 Å². The van der Waals surface area contributed by atoms with Gasteiger partial charge in [0.2, 0.25) is 5.43 Å². The van der Waals surface area contributed by atoms with Crippen molar-refractivity contribution in [1.29, 1.82) is 0 Å². The first-order valence-corrected chi connectivity index (χ1v) is 11.0. The lowest BCUT2D eigenvalue weighted by atomic mass is 10.1. The topological polar surface area (TPSA) is 92.7 Å². The van der Waals surface area contributed by atoms with Crippen LogP contribution in [-0.2, 0) is 19.7 Å². The SMILES string of the molecule is O=C(NCc1ccc(F)cc1)c1cn2c(c(OCc3ccccc3)c1=O)C(=O)N1CCNC1C2. The Balaban J connectivity index is 1.48. The van der Waals surface area contributed by atoms with Gasteiger partial charge in [-0.2, -0.15) is 0 Å². The summed E-state index contributed by atoms with van der Waals surface area (Å²) in [7, 11) is 0. The van der Waals surface area contributed by atoms with Crippen molar-refractivity contribution < 1.29 is 18.7 Å². The molecule has 8 nitrogen and oxygen atoms in total. The standard InChI is InChI=1S/C25H23FN4O4/c26-18-8-6-16(7-9-18)12-28-24(32)19-13-29-14-20-27-10-11-30(20)25(33)21(29)23(22(19)31)34-15-17-4-2-1-3-5-17/h1-9,13,20,27H,10-12,14-15H2,(H,28,32). The Morgan fingerprint density at radius 1 is 1.09 bits per heavy atom. The highest BCUT2D eigenvalue weighted by atomic mass is 19.1. The summed E-state index contributed by atoms with van der Waals surface area (Å²) in [4.78, 5) is 41.2. The van der Waals surface area contributed by atoms with E-state index in [-0.39, 0.29) is 48.0 Å². The number of carbonyl (C=O) groups is 2. The number of aromatic nitrogens is 1. The zero-order valence-corrected chi connectivity index (χ0v) is 18.3. The van der Waals surface area contributed by atoms with Crippen LogP contribution in [0.5, 0.6) is 5.75 Å². The molecule has 2 N–H and O–H groups in total. The van der Waals surface area contributed by atoms with Crippen molar-refractivity contribution in [3.8, 4) is 5.75 Å². The lowest BCUT2D eigenvalue weighted by Gasteiger charge is -2.33. The van der Waals surface area contributed by atoms with Crippen LogP contribution < -0.4 is 20.8 Å². The molecule has 0 saturated carbocycles. The second-order valence-corrected chi connectivity index (χ2v) is 8.25. The van der Waals surface area contributed by atoms with Gasteiger partial charge in [0, 0.05) is 25.8 Å². The first-order valence-electron chi connectivity index (χ1n) is 11.0. The maximum atomic E-state index is 13.4. The van der Waals surface area contributed by atoms with Crippen LogP contribution in [-0.4, -0.2) is 40.5 Å². The van der Waals surface area contributed by atoms with Crippen LogP contribution in [0.2, 0.25) is 0 Å². The molecule has 174 valence electrons. The Morgan fingerprint density at radius 3 is 2.62 bits per heavy atom. The highest BCUT2D eigenvalue weighted by Crippen LogP contribution is 2.26. The van der Waals surface area contributed by atoms with Crippen molar-refractivity contribution in [3.63, 3.8) is 0 Å². The van der Waals surface area contributed by atoms with Crippen molar-refractivity contribution in [2.75, 3.05) is 13.1 Å². The smallest absolute Gasteiger partial charge is 0.275 e. The lowest BCUT2D eigenvalue weighted by molar-refractivity contribution is 0.0642. The highest BCUT2D eigenvalue weighted by Gasteiger charge is 2.39. The average molecular weight is 462 g/mol. The number of ether oxygens (including phenoxy) is 1. The normalized spacial score (nSPS) is 16.7. The second-order valence-electron chi connectivity index (χ2n) is 8.25. The van der Waals surface area contributed by atoms with Crippen molar-refractivity contribution >= 4 is 11.8 Å². The molecule has 5 rings (SSSR count). The molecule has 3 aromatic rings. The monoisotopic (exact) mass is 462 g/mol. The molecule has 0 radical (unpaired) electrons. The molecule has 34 heavy (non-hydrogen) atoms. The predicted molar refractivity (Wildman–Crippen MR) is 122 cm³/mol. The van der Waals surface area contributed by atoms with Crippen LogP contribution in [0.1, 0.15) is 32.0 Å². The Bertz CT molecular complexity index is 1290. The number of fused-ring (bicyclic) bond motifs is 2. The number of nitrogens with zero attached hydrogens (tertiary/aromatic N) is 2. The summed E-state index contributed by atoms with van der Waals surface area (Å²) in [5, 5.41) is 5.96. The minimum absolute atomic E-state index is 0.0820. The third-order valence-electron chi connectivity index (χ3n) is 6.02. The Labute approximate surface area is 195 Å². The van der Waals surface area contributed by atoms with Crippen LogP contribution in [0, 0.1) is 5.82 Å². The lowest BCUT2D eigenvalue weighted by Crippen LogP contribution is -2.49. The number of amides is 2. The van der Waals surface area contributed by atoms with Gasteiger partial charge in [-0.05, 0) is 23.3 Å². The predicted octanol–water partition coefficient (Wildman–Crippen LogP) is 1.88. The highest BCUT2D eigenvalue weighted by molar-refractivity contribution is 5.99. The largest absolute Gasteiger partial charge is 0.483 e. The van der Waals surface area contributed by atoms with Crippen molar-refractivity contribution in [2.24, 2.45) is 0 Å². The molecule has 3 heterocycles. The maximum Gasteiger partial charge on any atom is 0.275 e. The van der Waals surface area contributed by atoms with Crippen LogP contribution in [0.3, 0.4) is 0 Å². The number of rotatable bonds is 6. The Hall–Kier alpha value is -3.98. The second kappa shape index (κ2) is 9.11. The van der Waals surface area contributed by atoms with E-state index in [1.165, 1.54) is 18.3 Å². The van der Waals surface area contributed by atoms with E-state index in [9.17, 15) is 18.8 Å². The van der Waals surface area contributed by atoms with Gasteiger partial charge in [-0.1, -0.05) is 42.5 Å². The fourth-order valence-electron chi connectivity index (χ4n) is 4.25. The summed E-state index contributed by atoms with van der Waals surface area (Å²) >= 11 is 0. The molecular weight excluding hydrogens is 439 g/mol. The minimum Gasteiger partial charge on any atom is -0.483 e. The van der Waals surface area contributed by atoms with Crippen LogP contribution in [0.4, 0.5) is 4.39 Å². The number of carbonyl (C=O) groups excluding carboxylic acids is 2. The van der Waals surface area contributed by atoms with Crippen molar-refractivity contribution in [2.45, 2.75) is 25.9 Å². The number of halogens is 1. The van der Waals surface area contributed by atoms with Crippen molar-refractivity contribution in [3.05, 3.63) is 99.2 Å². The van der Waals surface area contributed by atoms with Gasteiger partial charge in [-0.25, -0.2) is 4.39 Å². The van der Waals surface area contributed by atoms with Crippen molar-refractivity contribution in [1.82, 2.24) is 20.1 Å². The van der Waals surface area contributed by atoms with Crippen LogP contribution in [0.15, 0.2) is 65.6 Å². The summed E-state index contributed by atoms with van der Waals surface area (Å²) in [6, 6.07) is 15.0. The fourth-order valence-corrected chi connectivity index (χ4v) is 4.25. The van der Waals surface area contributed by atoms with Gasteiger partial charge in [-0.3, -0.25) is 19.7 Å². The molecule has 0 aliphatic carbocycles. The quantitative estimate of drug-likeness (QED) is 0.584. The summed E-state index contributed by atoms with van der Waals surface area (Å²) in [5.41, 5.74) is 0.909. The Kier molecular flexibility index (Phi) is 5.85. The van der Waals surface area contributed by atoms with Gasteiger partial charge in [0.15, 0.2) is 11.4 Å². The molecule has 2 aliphatic rings. The number of hydrogen-bond acceptors (Lipinski definition) is 5. The molecule has 2 aromatic carbocycles. The van der Waals surface area contributed by atoms with Gasteiger partial charge in [0.1, 0.15) is 24.2 Å². The molecule has 1 saturated heterocycles. The summed E-state index contributed by atoms with van der Waals surface area (Å²) < 4.78 is 20.7. The molecule has 0 bridgehead atoms. The average Bonchev–Trinajstić information content (AvgIpc) is 3.32. The third kappa shape index (κ3) is 4.17. The summed E-state index contributed by atoms with van der Waals surface area (Å²) in [6.07, 6.45) is 1.21. The summed E-state index contributed by atoms with van der Waals surface area (Å²) in [6.45, 7) is 1.79. The number of nitrogens with one attached hydrogen (secondary N) is 2. The molecule has 1 fully saturated rings. The van der Waals surface area contributed by atoms with Gasteiger partial charge in [0.25, 0.3) is 11.8 Å². The van der Waals surface area contributed by atoms with E-state index in [0.717, 1.165) is 5.56 Å². The van der Waals surface area contributed by atoms with E-state index in [0.29, 0.717) is 25.2 Å². The van der Waals surface area contributed by atoms with Gasteiger partial charge >= 0.3 is 0 Å².